The fourth-order valence-corrected chi connectivity index (χ4v) is 2.62. The number of nitrogens with zero attached hydrogens (tertiary/aromatic N) is 3. The van der Waals surface area contributed by atoms with Crippen LogP contribution in [0.2, 0.25) is 0 Å². The van der Waals surface area contributed by atoms with E-state index in [0.717, 1.165) is 11.3 Å². The summed E-state index contributed by atoms with van der Waals surface area (Å²) in [7, 11) is 0. The van der Waals surface area contributed by atoms with Crippen molar-refractivity contribution >= 4 is 23.2 Å². The van der Waals surface area contributed by atoms with Gasteiger partial charge in [0.05, 0.1) is 11.6 Å². The van der Waals surface area contributed by atoms with Crippen molar-refractivity contribution in [2.24, 2.45) is 0 Å². The van der Waals surface area contributed by atoms with E-state index < -0.39 is 0 Å². The third kappa shape index (κ3) is 4.45. The molecule has 25 heavy (non-hydrogen) atoms. The summed E-state index contributed by atoms with van der Waals surface area (Å²) in [5.41, 5.74) is 2.99. The van der Waals surface area contributed by atoms with Crippen molar-refractivity contribution in [3.8, 4) is 6.07 Å². The van der Waals surface area contributed by atoms with Crippen LogP contribution in [-0.4, -0.2) is 24.9 Å². The highest BCUT2D eigenvalue weighted by Crippen LogP contribution is 2.19. The van der Waals surface area contributed by atoms with Gasteiger partial charge in [0.25, 0.3) is 0 Å². The Bertz CT molecular complexity index is 806. The fraction of sp³-hybridized carbons (Fsp3) is 0.250. The molecule has 0 aromatic heterocycles. The lowest BCUT2D eigenvalue weighted by Crippen LogP contribution is -2.42. The highest BCUT2D eigenvalue weighted by Gasteiger charge is 2.20. The molecule has 0 spiro atoms. The van der Waals surface area contributed by atoms with Crippen molar-refractivity contribution < 1.29 is 9.59 Å². The highest BCUT2D eigenvalue weighted by atomic mass is 16.2. The molecule has 0 fully saturated rings. The van der Waals surface area contributed by atoms with Gasteiger partial charge in [-0.25, -0.2) is 0 Å². The number of likely N-dealkylation sites (N-methyl/N-ethyl adjacent to an activating group) is 1. The molecule has 0 aliphatic carbocycles. The van der Waals surface area contributed by atoms with Crippen molar-refractivity contribution in [2.45, 2.75) is 20.8 Å². The quantitative estimate of drug-likeness (QED) is 0.842. The van der Waals surface area contributed by atoms with E-state index in [-0.39, 0.29) is 18.4 Å². The van der Waals surface area contributed by atoms with E-state index in [1.165, 1.54) is 11.8 Å². The first-order chi connectivity index (χ1) is 12.0. The number of hydrogen-bond acceptors (Lipinski definition) is 3. The molecule has 2 aromatic rings. The summed E-state index contributed by atoms with van der Waals surface area (Å²) in [6.07, 6.45) is 0. The first-order valence-corrected chi connectivity index (χ1v) is 8.11. The molecule has 0 N–H and O–H groups in total. The molecule has 0 saturated carbocycles. The largest absolute Gasteiger partial charge is 0.311 e. The lowest BCUT2D eigenvalue weighted by atomic mass is 10.2. The summed E-state index contributed by atoms with van der Waals surface area (Å²) in [6.45, 7) is 5.76. The van der Waals surface area contributed by atoms with Crippen LogP contribution >= 0.6 is 0 Å². The van der Waals surface area contributed by atoms with Gasteiger partial charge in [-0.15, -0.1) is 0 Å². The number of anilines is 2. The van der Waals surface area contributed by atoms with E-state index in [1.54, 1.807) is 29.2 Å². The monoisotopic (exact) mass is 335 g/mol. The molecular weight excluding hydrogens is 314 g/mol. The van der Waals surface area contributed by atoms with E-state index in [4.69, 9.17) is 5.26 Å². The number of amides is 2. The maximum atomic E-state index is 12.8. The first-order valence-electron chi connectivity index (χ1n) is 8.11. The topological polar surface area (TPSA) is 64.4 Å². The lowest BCUT2D eigenvalue weighted by Gasteiger charge is -2.26. The zero-order chi connectivity index (χ0) is 18.4. The molecule has 0 aliphatic rings. The van der Waals surface area contributed by atoms with E-state index in [9.17, 15) is 9.59 Å². The van der Waals surface area contributed by atoms with Crippen LogP contribution in [0.15, 0.2) is 48.5 Å². The number of carbonyl (C=O) groups excluding carboxylic acids is 2. The average Bonchev–Trinajstić information content (AvgIpc) is 2.60. The summed E-state index contributed by atoms with van der Waals surface area (Å²) >= 11 is 0. The summed E-state index contributed by atoms with van der Waals surface area (Å²) in [5, 5.41) is 8.88. The normalized spacial score (nSPS) is 10.0. The Morgan fingerprint density at radius 1 is 1.04 bits per heavy atom. The van der Waals surface area contributed by atoms with Gasteiger partial charge in [-0.2, -0.15) is 5.26 Å². The van der Waals surface area contributed by atoms with Gasteiger partial charge in [-0.05, 0) is 55.8 Å². The van der Waals surface area contributed by atoms with E-state index >= 15 is 0 Å². The Balaban J connectivity index is 2.24. The van der Waals surface area contributed by atoms with Gasteiger partial charge >= 0.3 is 0 Å². The minimum atomic E-state index is -0.224. The Hall–Kier alpha value is -3.13. The van der Waals surface area contributed by atoms with Crippen LogP contribution in [0.3, 0.4) is 0 Å². The minimum Gasteiger partial charge on any atom is -0.311 e. The van der Waals surface area contributed by atoms with Crippen LogP contribution in [-0.2, 0) is 9.59 Å². The second kappa shape index (κ2) is 8.11. The second-order valence-electron chi connectivity index (χ2n) is 5.74. The molecule has 0 heterocycles. The van der Waals surface area contributed by atoms with Crippen molar-refractivity contribution in [3.63, 3.8) is 0 Å². The lowest BCUT2D eigenvalue weighted by molar-refractivity contribution is -0.121. The molecule has 128 valence electrons. The van der Waals surface area contributed by atoms with Crippen molar-refractivity contribution in [3.05, 3.63) is 59.7 Å². The van der Waals surface area contributed by atoms with Gasteiger partial charge in [-0.3, -0.25) is 9.59 Å². The van der Waals surface area contributed by atoms with Gasteiger partial charge in [0, 0.05) is 24.8 Å². The van der Waals surface area contributed by atoms with E-state index in [2.05, 4.69) is 0 Å². The Morgan fingerprint density at radius 3 is 2.24 bits per heavy atom. The molecular formula is C20H21N3O2. The summed E-state index contributed by atoms with van der Waals surface area (Å²) < 4.78 is 0. The Kier molecular flexibility index (Phi) is 5.91. The van der Waals surface area contributed by atoms with Gasteiger partial charge in [-0.1, -0.05) is 12.1 Å². The second-order valence-corrected chi connectivity index (χ2v) is 5.74. The standard InChI is InChI=1S/C20H21N3O2/c1-4-22(19-7-5-6-15(2)12-19)20(25)14-23(16(3)24)18-10-8-17(13-21)9-11-18/h5-12H,4,14H2,1-3H3. The summed E-state index contributed by atoms with van der Waals surface area (Å²) in [6, 6.07) is 16.4. The minimum absolute atomic E-state index is 0.0526. The molecule has 2 rings (SSSR count). The van der Waals surface area contributed by atoms with E-state index in [0.29, 0.717) is 17.8 Å². The number of benzene rings is 2. The van der Waals surface area contributed by atoms with Gasteiger partial charge < -0.3 is 9.80 Å². The van der Waals surface area contributed by atoms with Gasteiger partial charge in [0.2, 0.25) is 11.8 Å². The Morgan fingerprint density at radius 2 is 1.72 bits per heavy atom. The number of aryl methyl sites for hydroxylation is 1. The zero-order valence-corrected chi connectivity index (χ0v) is 14.7. The Labute approximate surface area is 148 Å². The van der Waals surface area contributed by atoms with Crippen LogP contribution in [0, 0.1) is 18.3 Å². The summed E-state index contributed by atoms with van der Waals surface area (Å²) in [4.78, 5) is 27.9. The molecule has 5 heteroatoms. The molecule has 2 amide bonds. The third-order valence-corrected chi connectivity index (χ3v) is 3.91. The van der Waals surface area contributed by atoms with Crippen molar-refractivity contribution in [2.75, 3.05) is 22.9 Å². The number of hydrogen-bond donors (Lipinski definition) is 0. The molecule has 0 aliphatic heterocycles. The molecule has 0 unspecified atom stereocenters. The molecule has 0 radical (unpaired) electrons. The number of carbonyl (C=O) groups is 2. The SMILES string of the molecule is CCN(C(=O)CN(C(C)=O)c1ccc(C#N)cc1)c1cccc(C)c1. The molecule has 0 atom stereocenters. The van der Waals surface area contributed by atoms with E-state index in [1.807, 2.05) is 44.2 Å². The number of rotatable bonds is 5. The average molecular weight is 335 g/mol. The smallest absolute Gasteiger partial charge is 0.247 e. The van der Waals surface area contributed by atoms with Gasteiger partial charge in [0.1, 0.15) is 6.54 Å². The van der Waals surface area contributed by atoms with Crippen molar-refractivity contribution in [1.29, 1.82) is 5.26 Å². The maximum absolute atomic E-state index is 12.8. The first kappa shape index (κ1) is 18.2. The zero-order valence-electron chi connectivity index (χ0n) is 14.7. The predicted molar refractivity (Wildman–Crippen MR) is 98.4 cm³/mol. The molecule has 0 saturated heterocycles. The van der Waals surface area contributed by atoms with Crippen LogP contribution in [0.4, 0.5) is 11.4 Å². The molecule has 2 aromatic carbocycles. The fourth-order valence-electron chi connectivity index (χ4n) is 2.62. The van der Waals surface area contributed by atoms with Gasteiger partial charge in [0.15, 0.2) is 0 Å². The predicted octanol–water partition coefficient (Wildman–Crippen LogP) is 3.27. The van der Waals surface area contributed by atoms with Crippen molar-refractivity contribution in [1.82, 2.24) is 0 Å². The molecule has 0 bridgehead atoms. The van der Waals surface area contributed by atoms with Crippen LogP contribution in [0.5, 0.6) is 0 Å². The van der Waals surface area contributed by atoms with Crippen LogP contribution in [0.25, 0.3) is 0 Å². The van der Waals surface area contributed by atoms with Crippen LogP contribution in [0.1, 0.15) is 25.0 Å². The number of nitriles is 1. The highest BCUT2D eigenvalue weighted by molar-refractivity contribution is 6.03. The van der Waals surface area contributed by atoms with Crippen LogP contribution < -0.4 is 9.80 Å². The molecule has 5 nitrogen and oxygen atoms in total. The maximum Gasteiger partial charge on any atom is 0.247 e. The third-order valence-electron chi connectivity index (χ3n) is 3.91. The summed E-state index contributed by atoms with van der Waals surface area (Å²) in [5.74, 6) is -0.383.